The molecule has 0 aliphatic rings. The lowest BCUT2D eigenvalue weighted by Gasteiger charge is -2.18. The van der Waals surface area contributed by atoms with E-state index in [4.69, 9.17) is 8.83 Å². The fourth-order valence-electron chi connectivity index (χ4n) is 2.26. The van der Waals surface area contributed by atoms with Gasteiger partial charge in [-0.25, -0.2) is 0 Å². The fraction of sp³-hybridized carbons (Fsp3) is 0.278. The van der Waals surface area contributed by atoms with Gasteiger partial charge >= 0.3 is 0 Å². The number of rotatable bonds is 7. The summed E-state index contributed by atoms with van der Waals surface area (Å²) in [5, 5.41) is 8.18. The molecular formula is C18H20N4O3S. The molecule has 1 amide bonds. The lowest BCUT2D eigenvalue weighted by atomic mass is 10.2. The zero-order valence-corrected chi connectivity index (χ0v) is 15.7. The van der Waals surface area contributed by atoms with Gasteiger partial charge in [-0.2, -0.15) is 0 Å². The first-order chi connectivity index (χ1) is 12.5. The van der Waals surface area contributed by atoms with Crippen molar-refractivity contribution in [1.29, 1.82) is 0 Å². The summed E-state index contributed by atoms with van der Waals surface area (Å²) in [5.41, 5.74) is 2.20. The number of furan rings is 1. The first kappa shape index (κ1) is 18.1. The Bertz CT molecular complexity index is 844. The van der Waals surface area contributed by atoms with Crippen LogP contribution in [0.5, 0.6) is 0 Å². The van der Waals surface area contributed by atoms with Crippen LogP contribution in [0, 0.1) is 0 Å². The highest BCUT2D eigenvalue weighted by atomic mass is 32.2. The Hall–Kier alpha value is -2.74. The highest BCUT2D eigenvalue weighted by Gasteiger charge is 2.15. The van der Waals surface area contributed by atoms with Crippen LogP contribution >= 0.6 is 11.8 Å². The number of carbonyl (C=O) groups is 1. The number of amides is 1. The van der Waals surface area contributed by atoms with E-state index >= 15 is 0 Å². The van der Waals surface area contributed by atoms with Gasteiger partial charge in [0.2, 0.25) is 5.91 Å². The van der Waals surface area contributed by atoms with Crippen LogP contribution in [0.2, 0.25) is 0 Å². The topological polar surface area (TPSA) is 75.6 Å². The first-order valence-electron chi connectivity index (χ1n) is 8.03. The lowest BCUT2D eigenvalue weighted by Crippen LogP contribution is -2.27. The Kier molecular flexibility index (Phi) is 5.62. The van der Waals surface area contributed by atoms with Crippen molar-refractivity contribution in [3.05, 3.63) is 48.2 Å². The first-order valence-corrected chi connectivity index (χ1v) is 9.02. The largest absolute Gasteiger partial charge is 0.459 e. The van der Waals surface area contributed by atoms with Crippen molar-refractivity contribution in [1.82, 2.24) is 15.1 Å². The van der Waals surface area contributed by atoms with Gasteiger partial charge in [-0.15, -0.1) is 10.2 Å². The second-order valence-corrected chi connectivity index (χ2v) is 6.88. The molecular weight excluding hydrogens is 352 g/mol. The Morgan fingerprint density at radius 3 is 2.54 bits per heavy atom. The van der Waals surface area contributed by atoms with Crippen LogP contribution in [0.15, 0.2) is 56.7 Å². The summed E-state index contributed by atoms with van der Waals surface area (Å²) in [6, 6.07) is 11.6. The van der Waals surface area contributed by atoms with Gasteiger partial charge in [0.05, 0.1) is 12.0 Å². The predicted octanol–water partition coefficient (Wildman–Crippen LogP) is 3.15. The van der Waals surface area contributed by atoms with E-state index < -0.39 is 0 Å². The van der Waals surface area contributed by atoms with Crippen molar-refractivity contribution in [3.8, 4) is 11.7 Å². The molecule has 0 unspecified atom stereocenters. The van der Waals surface area contributed by atoms with E-state index in [1.54, 1.807) is 24.1 Å². The van der Waals surface area contributed by atoms with E-state index in [9.17, 15) is 4.79 Å². The van der Waals surface area contributed by atoms with E-state index in [-0.39, 0.29) is 11.7 Å². The minimum absolute atomic E-state index is 0.00978. The maximum Gasteiger partial charge on any atom is 0.284 e. The standard InChI is InChI=1S/C18H20N4O3S/c1-21(2)14-8-6-13(7-9-14)11-22(3)16(23)12-26-18-20-19-17(25-18)15-5-4-10-24-15/h4-10H,11-12H2,1-3H3. The summed E-state index contributed by atoms with van der Waals surface area (Å²) in [4.78, 5) is 16.0. The van der Waals surface area contributed by atoms with Crippen molar-refractivity contribution in [3.63, 3.8) is 0 Å². The predicted molar refractivity (Wildman–Crippen MR) is 100.0 cm³/mol. The Morgan fingerprint density at radius 1 is 1.12 bits per heavy atom. The second kappa shape index (κ2) is 8.09. The van der Waals surface area contributed by atoms with Gasteiger partial charge in [-0.1, -0.05) is 23.9 Å². The number of aromatic nitrogens is 2. The van der Waals surface area contributed by atoms with Crippen molar-refractivity contribution in [2.45, 2.75) is 11.8 Å². The monoisotopic (exact) mass is 372 g/mol. The highest BCUT2D eigenvalue weighted by molar-refractivity contribution is 7.99. The molecule has 136 valence electrons. The normalized spacial score (nSPS) is 10.7. The zero-order valence-electron chi connectivity index (χ0n) is 14.9. The molecule has 0 saturated carbocycles. The third kappa shape index (κ3) is 4.45. The maximum atomic E-state index is 12.3. The SMILES string of the molecule is CN(Cc1ccc(N(C)C)cc1)C(=O)CSc1nnc(-c2ccco2)o1. The summed E-state index contributed by atoms with van der Waals surface area (Å²) < 4.78 is 10.7. The van der Waals surface area contributed by atoms with Crippen molar-refractivity contribution < 1.29 is 13.6 Å². The van der Waals surface area contributed by atoms with Crippen LogP contribution in [0.25, 0.3) is 11.7 Å². The number of thioether (sulfide) groups is 1. The molecule has 26 heavy (non-hydrogen) atoms. The minimum atomic E-state index is -0.00978. The molecule has 0 saturated heterocycles. The highest BCUT2D eigenvalue weighted by Crippen LogP contribution is 2.23. The number of hydrogen-bond donors (Lipinski definition) is 0. The molecule has 3 rings (SSSR count). The Labute approximate surface area is 156 Å². The molecule has 1 aromatic carbocycles. The summed E-state index contributed by atoms with van der Waals surface area (Å²) in [7, 11) is 5.78. The molecule has 2 aromatic heterocycles. The fourth-order valence-corrected chi connectivity index (χ4v) is 2.97. The van der Waals surface area contributed by atoms with Crippen molar-refractivity contribution in [2.24, 2.45) is 0 Å². The lowest BCUT2D eigenvalue weighted by molar-refractivity contribution is -0.127. The molecule has 0 spiro atoms. The Balaban J connectivity index is 1.51. The number of hydrogen-bond acceptors (Lipinski definition) is 7. The molecule has 0 radical (unpaired) electrons. The number of nitrogens with zero attached hydrogens (tertiary/aromatic N) is 4. The van der Waals surface area contributed by atoms with Crippen LogP contribution in [0.1, 0.15) is 5.56 Å². The van der Waals surface area contributed by atoms with Crippen molar-refractivity contribution >= 4 is 23.4 Å². The third-order valence-corrected chi connectivity index (χ3v) is 4.56. The number of carbonyl (C=O) groups excluding carboxylic acids is 1. The van der Waals surface area contributed by atoms with Gasteiger partial charge in [0, 0.05) is 33.4 Å². The number of benzene rings is 1. The quantitative estimate of drug-likeness (QED) is 0.590. The van der Waals surface area contributed by atoms with E-state index in [1.165, 1.54) is 18.0 Å². The van der Waals surface area contributed by atoms with Crippen LogP contribution in [0.3, 0.4) is 0 Å². The molecule has 0 bridgehead atoms. The molecule has 8 heteroatoms. The maximum absolute atomic E-state index is 12.3. The van der Waals surface area contributed by atoms with Gasteiger partial charge in [0.1, 0.15) is 0 Å². The zero-order chi connectivity index (χ0) is 18.5. The smallest absolute Gasteiger partial charge is 0.284 e. The Morgan fingerprint density at radius 2 is 1.88 bits per heavy atom. The summed E-state index contributed by atoms with van der Waals surface area (Å²) in [6.07, 6.45) is 1.54. The second-order valence-electron chi connectivity index (χ2n) is 5.95. The van der Waals surface area contributed by atoms with Gasteiger partial charge in [0.15, 0.2) is 5.76 Å². The molecule has 0 atom stereocenters. The molecule has 0 aliphatic carbocycles. The third-order valence-electron chi connectivity index (χ3n) is 3.76. The van der Waals surface area contributed by atoms with E-state index in [2.05, 4.69) is 10.2 Å². The van der Waals surface area contributed by atoms with Gasteiger partial charge < -0.3 is 18.6 Å². The van der Waals surface area contributed by atoms with Crippen LogP contribution in [0.4, 0.5) is 5.69 Å². The molecule has 2 heterocycles. The van der Waals surface area contributed by atoms with Gasteiger partial charge in [0.25, 0.3) is 11.1 Å². The summed E-state index contributed by atoms with van der Waals surface area (Å²) in [5.74, 6) is 1.03. The molecule has 0 N–H and O–H groups in total. The molecule has 3 aromatic rings. The summed E-state index contributed by atoms with van der Waals surface area (Å²) in [6.45, 7) is 0.550. The molecule has 0 fully saturated rings. The molecule has 7 nitrogen and oxygen atoms in total. The van der Waals surface area contributed by atoms with Crippen molar-refractivity contribution in [2.75, 3.05) is 31.8 Å². The van der Waals surface area contributed by atoms with Gasteiger partial charge in [-0.05, 0) is 29.8 Å². The van der Waals surface area contributed by atoms with Crippen LogP contribution in [-0.2, 0) is 11.3 Å². The number of anilines is 1. The van der Waals surface area contributed by atoms with E-state index in [1.807, 2.05) is 43.3 Å². The average molecular weight is 372 g/mol. The molecule has 0 aliphatic heterocycles. The van der Waals surface area contributed by atoms with E-state index in [0.29, 0.717) is 23.4 Å². The summed E-state index contributed by atoms with van der Waals surface area (Å²) >= 11 is 1.21. The minimum Gasteiger partial charge on any atom is -0.459 e. The van der Waals surface area contributed by atoms with Crippen LogP contribution < -0.4 is 4.90 Å². The average Bonchev–Trinajstić information content (AvgIpc) is 3.31. The van der Waals surface area contributed by atoms with Crippen LogP contribution in [-0.4, -0.2) is 47.9 Å². The van der Waals surface area contributed by atoms with Gasteiger partial charge in [-0.3, -0.25) is 4.79 Å². The van der Waals surface area contributed by atoms with E-state index in [0.717, 1.165) is 11.3 Å².